The Morgan fingerprint density at radius 1 is 0.880 bits per heavy atom. The van der Waals surface area contributed by atoms with Gasteiger partial charge in [0.05, 0.1) is 14.4 Å². The van der Waals surface area contributed by atoms with E-state index in [4.69, 9.17) is 0 Å². The predicted molar refractivity (Wildman–Crippen MR) is 87.7 cm³/mol. The van der Waals surface area contributed by atoms with Crippen molar-refractivity contribution in [2.75, 3.05) is 6.61 Å². The van der Waals surface area contributed by atoms with Crippen LogP contribution >= 0.6 is 15.6 Å². The van der Waals surface area contributed by atoms with E-state index in [1.165, 1.54) is 17.2 Å². The number of rotatable bonds is 11. The molecule has 0 aromatic rings. The maximum Gasteiger partial charge on any atom is 3.00 e. The summed E-state index contributed by atoms with van der Waals surface area (Å²) < 4.78 is 28.9. The topological polar surface area (TPSA) is 122 Å². The van der Waals surface area contributed by atoms with Crippen molar-refractivity contribution in [3.05, 3.63) is 34.9 Å². The van der Waals surface area contributed by atoms with Crippen molar-refractivity contribution in [2.45, 2.75) is 53.4 Å². The van der Waals surface area contributed by atoms with E-state index in [1.807, 2.05) is 0 Å². The summed E-state index contributed by atoms with van der Waals surface area (Å²) in [7, 11) is -10.8. The molecule has 0 spiro atoms. The molecule has 0 aliphatic heterocycles. The van der Waals surface area contributed by atoms with Gasteiger partial charge in [0.25, 0.3) is 7.82 Å². The molecule has 10 heteroatoms. The van der Waals surface area contributed by atoms with Crippen LogP contribution in [0.3, 0.4) is 0 Å². The Bertz CT molecular complexity index is 574. The van der Waals surface area contributed by atoms with E-state index in [0.717, 1.165) is 31.3 Å². The van der Waals surface area contributed by atoms with E-state index in [0.29, 0.717) is 0 Å². The first-order chi connectivity index (χ1) is 10.9. The van der Waals surface area contributed by atoms with Crippen molar-refractivity contribution in [1.82, 2.24) is 0 Å². The van der Waals surface area contributed by atoms with E-state index in [9.17, 15) is 23.8 Å². The first-order valence-electron chi connectivity index (χ1n) is 7.55. The summed E-state index contributed by atoms with van der Waals surface area (Å²) in [5.74, 6) is 0. The Balaban J connectivity index is 0. The Morgan fingerprint density at radius 3 is 1.84 bits per heavy atom. The molecular formula is C15H25AuO7P2. The Hall–Kier alpha value is 0.220. The standard InChI is InChI=1S/C15H28O7P2.Au/c1-13(2)7-5-8-14(3)9-6-10-15(4)11-12-21-24(19,20)22-23(16,17)18;/h7,9,11H,5-6,8,10,12H2,1-4H3,(H,19,20)(H2,16,17,18);/q;+3/p-3. The molecule has 0 aliphatic carbocycles. The maximum atomic E-state index is 11.0. The van der Waals surface area contributed by atoms with E-state index in [2.05, 4.69) is 41.8 Å². The molecule has 0 N–H and O–H groups in total. The third kappa shape index (κ3) is 18.8. The van der Waals surface area contributed by atoms with Gasteiger partial charge in [0, 0.05) is 0 Å². The molecule has 0 radical (unpaired) electrons. The van der Waals surface area contributed by atoms with Gasteiger partial charge in [0.2, 0.25) is 0 Å². The molecule has 7 nitrogen and oxygen atoms in total. The molecule has 0 aromatic carbocycles. The third-order valence-electron chi connectivity index (χ3n) is 2.99. The van der Waals surface area contributed by atoms with Crippen molar-refractivity contribution in [3.63, 3.8) is 0 Å². The van der Waals surface area contributed by atoms with Crippen LogP contribution in [0.2, 0.25) is 0 Å². The summed E-state index contributed by atoms with van der Waals surface area (Å²) in [6.45, 7) is 7.62. The molecule has 148 valence electrons. The van der Waals surface area contributed by atoms with Crippen LogP contribution in [0.4, 0.5) is 0 Å². The molecule has 0 bridgehead atoms. The average Bonchev–Trinajstić information content (AvgIpc) is 2.34. The predicted octanol–water partition coefficient (Wildman–Crippen LogP) is 2.73. The van der Waals surface area contributed by atoms with Gasteiger partial charge in [0.1, 0.15) is 0 Å². The van der Waals surface area contributed by atoms with E-state index in [-0.39, 0.29) is 29.0 Å². The van der Waals surface area contributed by atoms with Gasteiger partial charge in [-0.05, 0) is 53.4 Å². The second kappa shape index (κ2) is 13.4. The Kier molecular flexibility index (Phi) is 14.7. The number of hydrogen-bond acceptors (Lipinski definition) is 7. The summed E-state index contributed by atoms with van der Waals surface area (Å²) in [6.07, 6.45) is 9.35. The third-order valence-corrected chi connectivity index (χ3v) is 5.05. The molecule has 1 atom stereocenters. The van der Waals surface area contributed by atoms with E-state index < -0.39 is 15.6 Å². The van der Waals surface area contributed by atoms with Crippen LogP contribution in [-0.2, 0) is 40.3 Å². The summed E-state index contributed by atoms with van der Waals surface area (Å²) in [5.41, 5.74) is 3.47. The van der Waals surface area contributed by atoms with Crippen molar-refractivity contribution >= 4 is 15.6 Å². The molecule has 0 fully saturated rings. The molecule has 0 rings (SSSR count). The molecule has 1 unspecified atom stereocenters. The van der Waals surface area contributed by atoms with Gasteiger partial charge < -0.3 is 23.8 Å². The molecule has 0 aliphatic rings. The zero-order valence-corrected chi connectivity index (χ0v) is 18.8. The molecule has 0 saturated carbocycles. The maximum absolute atomic E-state index is 11.0. The fraction of sp³-hybridized carbons (Fsp3) is 0.600. The quantitative estimate of drug-likeness (QED) is 0.211. The smallest absolute Gasteiger partial charge is 0.790 e. The number of phosphoric ester groups is 1. The summed E-state index contributed by atoms with van der Waals surface area (Å²) in [6, 6.07) is 0. The molecule has 25 heavy (non-hydrogen) atoms. The number of phosphoric acid groups is 2. The first-order valence-corrected chi connectivity index (χ1v) is 10.5. The van der Waals surface area contributed by atoms with Gasteiger partial charge in [-0.2, -0.15) is 0 Å². The van der Waals surface area contributed by atoms with Crippen molar-refractivity contribution in [3.8, 4) is 0 Å². The SMILES string of the molecule is CC(C)=CCCC(C)=CCCC(C)=CCOP(=O)([O-])OP(=O)([O-])[O-].[Au+3]. The minimum Gasteiger partial charge on any atom is -0.790 e. The van der Waals surface area contributed by atoms with Crippen LogP contribution in [0.15, 0.2) is 34.9 Å². The summed E-state index contributed by atoms with van der Waals surface area (Å²) in [4.78, 5) is 31.5. The fourth-order valence-corrected chi connectivity index (χ4v) is 3.18. The minimum atomic E-state index is -5.63. The zero-order valence-electron chi connectivity index (χ0n) is 14.8. The molecule has 0 saturated heterocycles. The van der Waals surface area contributed by atoms with Gasteiger partial charge in [-0.15, -0.1) is 0 Å². The van der Waals surface area contributed by atoms with Crippen molar-refractivity contribution in [1.29, 1.82) is 0 Å². The second-order valence-electron chi connectivity index (χ2n) is 5.73. The van der Waals surface area contributed by atoms with Crippen LogP contribution in [0.5, 0.6) is 0 Å². The molecular weight excluding hydrogens is 551 g/mol. The van der Waals surface area contributed by atoms with Crippen LogP contribution in [-0.4, -0.2) is 6.61 Å². The van der Waals surface area contributed by atoms with Crippen LogP contribution in [0.1, 0.15) is 53.4 Å². The molecule has 0 aromatic heterocycles. The Morgan fingerprint density at radius 2 is 1.36 bits per heavy atom. The Labute approximate surface area is 165 Å². The van der Waals surface area contributed by atoms with Crippen molar-refractivity contribution < 1.29 is 55.0 Å². The molecule has 0 heterocycles. The average molecular weight is 576 g/mol. The summed E-state index contributed by atoms with van der Waals surface area (Å²) >= 11 is 0. The number of allylic oxidation sites excluding steroid dienone is 5. The summed E-state index contributed by atoms with van der Waals surface area (Å²) in [5, 5.41) is 0. The van der Waals surface area contributed by atoms with E-state index >= 15 is 0 Å². The first kappa shape index (κ1) is 27.4. The van der Waals surface area contributed by atoms with Gasteiger partial charge in [-0.25, -0.2) is 0 Å². The van der Waals surface area contributed by atoms with Crippen LogP contribution in [0.25, 0.3) is 0 Å². The normalized spacial score (nSPS) is 15.3. The van der Waals surface area contributed by atoms with E-state index in [1.54, 1.807) is 6.92 Å². The van der Waals surface area contributed by atoms with Gasteiger partial charge in [0.15, 0.2) is 0 Å². The van der Waals surface area contributed by atoms with Gasteiger partial charge in [-0.3, -0.25) is 8.88 Å². The van der Waals surface area contributed by atoms with Gasteiger partial charge >= 0.3 is 22.4 Å². The molecule has 0 amide bonds. The van der Waals surface area contributed by atoms with Gasteiger partial charge in [-0.1, -0.05) is 34.9 Å². The largest absolute Gasteiger partial charge is 3.00 e. The number of hydrogen-bond donors (Lipinski definition) is 0. The second-order valence-corrected chi connectivity index (χ2v) is 8.43. The van der Waals surface area contributed by atoms with Crippen LogP contribution in [0, 0.1) is 0 Å². The monoisotopic (exact) mass is 576 g/mol. The minimum absolute atomic E-state index is 0. The van der Waals surface area contributed by atoms with Crippen molar-refractivity contribution in [2.24, 2.45) is 0 Å². The van der Waals surface area contributed by atoms with Crippen LogP contribution < -0.4 is 14.7 Å². The fourth-order valence-electron chi connectivity index (χ4n) is 1.76. The zero-order chi connectivity index (χ0) is 18.8.